The quantitative estimate of drug-likeness (QED) is 0.658. The van der Waals surface area contributed by atoms with Gasteiger partial charge in [-0.3, -0.25) is 9.69 Å². The molecular formula is C22H25ClN2OS. The molecule has 2 aromatic carbocycles. The van der Waals surface area contributed by atoms with Crippen molar-refractivity contribution in [2.45, 2.75) is 17.1 Å². The molecule has 1 aliphatic heterocycles. The maximum atomic E-state index is 12.7. The van der Waals surface area contributed by atoms with Crippen LogP contribution in [-0.2, 0) is 4.79 Å². The van der Waals surface area contributed by atoms with Gasteiger partial charge < -0.3 is 4.90 Å². The second kappa shape index (κ2) is 9.98. The Kier molecular flexibility index (Phi) is 7.39. The molecule has 0 unspecified atom stereocenters. The molecule has 1 saturated heterocycles. The molecule has 0 N–H and O–H groups in total. The lowest BCUT2D eigenvalue weighted by atomic mass is 10.2. The number of thioether (sulfide) groups is 1. The largest absolute Gasteiger partial charge is 0.339 e. The van der Waals surface area contributed by atoms with Crippen molar-refractivity contribution < 1.29 is 4.79 Å². The van der Waals surface area contributed by atoms with Crippen LogP contribution in [0.4, 0.5) is 0 Å². The summed E-state index contributed by atoms with van der Waals surface area (Å²) in [4.78, 5) is 18.2. The zero-order chi connectivity index (χ0) is 19.1. The summed E-state index contributed by atoms with van der Waals surface area (Å²) in [6.45, 7) is 6.34. The first-order valence-corrected chi connectivity index (χ1v) is 10.5. The molecule has 2 aromatic rings. The van der Waals surface area contributed by atoms with Crippen molar-refractivity contribution in [1.29, 1.82) is 0 Å². The van der Waals surface area contributed by atoms with E-state index >= 15 is 0 Å². The molecule has 5 heteroatoms. The van der Waals surface area contributed by atoms with Gasteiger partial charge in [0, 0.05) is 42.6 Å². The van der Waals surface area contributed by atoms with Gasteiger partial charge in [0.1, 0.15) is 0 Å². The summed E-state index contributed by atoms with van der Waals surface area (Å²) in [5.41, 5.74) is 1.22. The maximum absolute atomic E-state index is 12.7. The lowest BCUT2D eigenvalue weighted by Gasteiger charge is -2.35. The van der Waals surface area contributed by atoms with Crippen LogP contribution in [0.2, 0.25) is 5.02 Å². The monoisotopic (exact) mass is 400 g/mol. The van der Waals surface area contributed by atoms with E-state index in [4.69, 9.17) is 11.6 Å². The number of hydrogen-bond acceptors (Lipinski definition) is 3. The molecule has 0 saturated carbocycles. The van der Waals surface area contributed by atoms with Crippen LogP contribution in [-0.4, -0.2) is 53.7 Å². The maximum Gasteiger partial charge on any atom is 0.235 e. The normalized spacial score (nSPS) is 16.6. The molecule has 1 atom stereocenters. The number of carbonyl (C=O) groups excluding carboxylic acids is 1. The Morgan fingerprint density at radius 2 is 1.74 bits per heavy atom. The summed E-state index contributed by atoms with van der Waals surface area (Å²) in [5, 5.41) is 0.631. The minimum Gasteiger partial charge on any atom is -0.339 e. The Bertz CT molecular complexity index is 756. The summed E-state index contributed by atoms with van der Waals surface area (Å²) >= 11 is 7.51. The molecule has 27 heavy (non-hydrogen) atoms. The van der Waals surface area contributed by atoms with Crippen LogP contribution in [0.5, 0.6) is 0 Å². The van der Waals surface area contributed by atoms with E-state index in [2.05, 4.69) is 29.2 Å². The highest BCUT2D eigenvalue weighted by Crippen LogP contribution is 2.26. The summed E-state index contributed by atoms with van der Waals surface area (Å²) in [6.07, 6.45) is 4.36. The number of rotatable bonds is 6. The molecule has 1 amide bonds. The fourth-order valence-corrected chi connectivity index (χ4v) is 4.15. The number of benzene rings is 2. The second-order valence-corrected chi connectivity index (χ2v) is 8.50. The van der Waals surface area contributed by atoms with E-state index in [0.717, 1.165) is 42.6 Å². The average molecular weight is 401 g/mol. The van der Waals surface area contributed by atoms with Crippen LogP contribution in [0.1, 0.15) is 12.5 Å². The van der Waals surface area contributed by atoms with E-state index in [0.29, 0.717) is 0 Å². The molecule has 3 nitrogen and oxygen atoms in total. The van der Waals surface area contributed by atoms with E-state index in [-0.39, 0.29) is 11.2 Å². The van der Waals surface area contributed by atoms with Gasteiger partial charge in [-0.2, -0.15) is 0 Å². The lowest BCUT2D eigenvalue weighted by Crippen LogP contribution is -2.50. The molecular weight excluding hydrogens is 376 g/mol. The lowest BCUT2D eigenvalue weighted by molar-refractivity contribution is -0.131. The Labute approximate surface area is 171 Å². The van der Waals surface area contributed by atoms with Crippen LogP contribution in [0, 0.1) is 0 Å². The zero-order valence-corrected chi connectivity index (χ0v) is 17.1. The Morgan fingerprint density at radius 3 is 2.41 bits per heavy atom. The first-order valence-electron chi connectivity index (χ1n) is 9.27. The molecule has 0 aromatic heterocycles. The highest BCUT2D eigenvalue weighted by Gasteiger charge is 2.25. The van der Waals surface area contributed by atoms with E-state index in [9.17, 15) is 4.79 Å². The second-order valence-electron chi connectivity index (χ2n) is 6.65. The third-order valence-corrected chi connectivity index (χ3v) is 5.98. The molecule has 142 valence electrons. The minimum atomic E-state index is -0.0873. The predicted octanol–water partition coefficient (Wildman–Crippen LogP) is 4.68. The van der Waals surface area contributed by atoms with Gasteiger partial charge in [0.25, 0.3) is 0 Å². The Balaban J connectivity index is 1.43. The van der Waals surface area contributed by atoms with Crippen molar-refractivity contribution in [3.05, 3.63) is 71.3 Å². The van der Waals surface area contributed by atoms with Crippen molar-refractivity contribution in [3.8, 4) is 0 Å². The van der Waals surface area contributed by atoms with Crippen LogP contribution in [0.15, 0.2) is 65.6 Å². The Morgan fingerprint density at radius 1 is 1.07 bits per heavy atom. The van der Waals surface area contributed by atoms with Crippen LogP contribution >= 0.6 is 23.4 Å². The summed E-state index contributed by atoms with van der Waals surface area (Å²) in [5.74, 6) is 0.217. The van der Waals surface area contributed by atoms with E-state index in [1.165, 1.54) is 5.56 Å². The van der Waals surface area contributed by atoms with Gasteiger partial charge in [-0.05, 0) is 36.8 Å². The molecule has 1 fully saturated rings. The van der Waals surface area contributed by atoms with E-state index in [1.54, 1.807) is 11.8 Å². The first-order chi connectivity index (χ1) is 13.1. The number of carbonyl (C=O) groups is 1. The predicted molar refractivity (Wildman–Crippen MR) is 115 cm³/mol. The van der Waals surface area contributed by atoms with Gasteiger partial charge in [0.05, 0.1) is 5.25 Å². The topological polar surface area (TPSA) is 23.6 Å². The standard InChI is InChI=1S/C22H25ClN2OS/c1-18(27-21-11-9-20(23)10-12-21)22(26)25-16-14-24(15-17-25)13-5-8-19-6-3-2-4-7-19/h2-12,18H,13-17H2,1H3/b8-5+/t18-/m1/s1. The van der Waals surface area contributed by atoms with Gasteiger partial charge in [-0.25, -0.2) is 0 Å². The third kappa shape index (κ3) is 6.13. The molecule has 1 heterocycles. The summed E-state index contributed by atoms with van der Waals surface area (Å²) < 4.78 is 0. The number of amides is 1. The number of halogens is 1. The van der Waals surface area contributed by atoms with Crippen molar-refractivity contribution in [1.82, 2.24) is 9.80 Å². The fourth-order valence-electron chi connectivity index (χ4n) is 3.08. The number of nitrogens with zero attached hydrogens (tertiary/aromatic N) is 2. The van der Waals surface area contributed by atoms with Crippen molar-refractivity contribution >= 4 is 35.3 Å². The van der Waals surface area contributed by atoms with E-state index < -0.39 is 0 Å². The highest BCUT2D eigenvalue weighted by molar-refractivity contribution is 8.00. The highest BCUT2D eigenvalue weighted by atomic mass is 35.5. The van der Waals surface area contributed by atoms with Gasteiger partial charge in [-0.15, -0.1) is 11.8 Å². The van der Waals surface area contributed by atoms with Crippen LogP contribution in [0.3, 0.4) is 0 Å². The zero-order valence-electron chi connectivity index (χ0n) is 15.6. The van der Waals surface area contributed by atoms with Gasteiger partial charge in [0.15, 0.2) is 0 Å². The Hall–Kier alpha value is -1.75. The van der Waals surface area contributed by atoms with Gasteiger partial charge in [-0.1, -0.05) is 54.1 Å². The van der Waals surface area contributed by atoms with Gasteiger partial charge >= 0.3 is 0 Å². The smallest absolute Gasteiger partial charge is 0.235 e. The molecule has 1 aliphatic rings. The van der Waals surface area contributed by atoms with Crippen molar-refractivity contribution in [2.75, 3.05) is 32.7 Å². The van der Waals surface area contributed by atoms with Crippen molar-refractivity contribution in [3.63, 3.8) is 0 Å². The van der Waals surface area contributed by atoms with Gasteiger partial charge in [0.2, 0.25) is 5.91 Å². The summed E-state index contributed by atoms with van der Waals surface area (Å²) in [7, 11) is 0. The van der Waals surface area contributed by atoms with Crippen LogP contribution in [0.25, 0.3) is 6.08 Å². The number of hydrogen-bond donors (Lipinski definition) is 0. The SMILES string of the molecule is C[C@@H](Sc1ccc(Cl)cc1)C(=O)N1CCN(C/C=C/c2ccccc2)CC1. The van der Waals surface area contributed by atoms with Crippen LogP contribution < -0.4 is 0 Å². The summed E-state index contributed by atoms with van der Waals surface area (Å²) in [6, 6.07) is 18.0. The first kappa shape index (κ1) is 20.0. The third-order valence-electron chi connectivity index (χ3n) is 4.63. The average Bonchev–Trinajstić information content (AvgIpc) is 2.70. The van der Waals surface area contributed by atoms with E-state index in [1.807, 2.05) is 54.3 Å². The molecule has 0 aliphatic carbocycles. The fraction of sp³-hybridized carbons (Fsp3) is 0.318. The molecule has 0 spiro atoms. The van der Waals surface area contributed by atoms with Crippen molar-refractivity contribution in [2.24, 2.45) is 0 Å². The molecule has 0 radical (unpaired) electrons. The molecule has 0 bridgehead atoms. The minimum absolute atomic E-state index is 0.0873. The number of piperazine rings is 1. The molecule has 3 rings (SSSR count).